The Hall–Kier alpha value is -3.72. The summed E-state index contributed by atoms with van der Waals surface area (Å²) in [7, 11) is 0. The number of benzene rings is 2. The highest BCUT2D eigenvalue weighted by molar-refractivity contribution is 9.10. The second-order valence-electron chi connectivity index (χ2n) is 6.42. The summed E-state index contributed by atoms with van der Waals surface area (Å²) in [5, 5.41) is 12.5. The highest BCUT2D eigenvalue weighted by atomic mass is 79.9. The first-order valence-electron chi connectivity index (χ1n) is 8.95. The maximum atomic E-state index is 12.7. The van der Waals surface area contributed by atoms with Gasteiger partial charge in [-0.3, -0.25) is 14.7 Å². The molecule has 9 heteroatoms. The molecule has 0 bridgehead atoms. The second-order valence-corrected chi connectivity index (χ2v) is 7.20. The number of aryl methyl sites for hydroxylation is 1. The summed E-state index contributed by atoms with van der Waals surface area (Å²) < 4.78 is 5.70. The summed E-state index contributed by atoms with van der Waals surface area (Å²) in [6.07, 6.45) is 0. The Morgan fingerprint density at radius 1 is 0.967 bits per heavy atom. The van der Waals surface area contributed by atoms with Crippen LogP contribution in [0.3, 0.4) is 0 Å². The summed E-state index contributed by atoms with van der Waals surface area (Å²) in [6.45, 7) is 1.82. The van der Waals surface area contributed by atoms with Crippen LogP contribution in [0.1, 0.15) is 26.7 Å². The van der Waals surface area contributed by atoms with Gasteiger partial charge in [0.2, 0.25) is 0 Å². The minimum atomic E-state index is -0.409. The maximum absolute atomic E-state index is 12.7. The van der Waals surface area contributed by atoms with Crippen molar-refractivity contribution in [1.29, 1.82) is 0 Å². The molecule has 8 nitrogen and oxygen atoms in total. The van der Waals surface area contributed by atoms with Gasteiger partial charge in [-0.05, 0) is 65.3 Å². The number of halogens is 1. The molecule has 0 radical (unpaired) electrons. The van der Waals surface area contributed by atoms with Gasteiger partial charge in [0, 0.05) is 22.5 Å². The zero-order chi connectivity index (χ0) is 21.1. The van der Waals surface area contributed by atoms with E-state index in [1.807, 2.05) is 19.1 Å². The molecule has 2 amide bonds. The van der Waals surface area contributed by atoms with Crippen molar-refractivity contribution in [3.8, 4) is 11.4 Å². The van der Waals surface area contributed by atoms with Gasteiger partial charge in [-0.25, -0.2) is 4.98 Å². The van der Waals surface area contributed by atoms with Crippen molar-refractivity contribution in [2.24, 2.45) is 0 Å². The van der Waals surface area contributed by atoms with Gasteiger partial charge in [-0.15, -0.1) is 0 Å². The van der Waals surface area contributed by atoms with Crippen LogP contribution in [-0.2, 0) is 0 Å². The number of aromatic nitrogens is 3. The van der Waals surface area contributed by atoms with Crippen LogP contribution in [0.25, 0.3) is 11.4 Å². The fourth-order valence-corrected chi connectivity index (χ4v) is 3.08. The first-order chi connectivity index (χ1) is 14.5. The topological polar surface area (TPSA) is 113 Å². The fourth-order valence-electron chi connectivity index (χ4n) is 2.78. The average Bonchev–Trinajstić information content (AvgIpc) is 3.37. The van der Waals surface area contributed by atoms with Crippen molar-refractivity contribution in [2.45, 2.75) is 6.92 Å². The van der Waals surface area contributed by atoms with E-state index in [0.29, 0.717) is 33.3 Å². The van der Waals surface area contributed by atoms with Crippen molar-refractivity contribution < 1.29 is 14.0 Å². The van der Waals surface area contributed by atoms with Crippen LogP contribution in [0.15, 0.2) is 69.8 Å². The lowest BCUT2D eigenvalue weighted by Gasteiger charge is -2.08. The number of furan rings is 1. The van der Waals surface area contributed by atoms with E-state index >= 15 is 0 Å². The third-order valence-electron chi connectivity index (χ3n) is 4.16. The first kappa shape index (κ1) is 19.6. The van der Waals surface area contributed by atoms with Gasteiger partial charge in [-0.2, -0.15) is 5.10 Å². The molecular weight excluding hydrogens is 450 g/mol. The second kappa shape index (κ2) is 8.34. The van der Waals surface area contributed by atoms with Gasteiger partial charge in [0.1, 0.15) is 5.82 Å². The molecule has 0 aliphatic heterocycles. The summed E-state index contributed by atoms with van der Waals surface area (Å²) >= 11 is 3.16. The van der Waals surface area contributed by atoms with Crippen molar-refractivity contribution in [2.75, 3.05) is 10.6 Å². The van der Waals surface area contributed by atoms with Crippen molar-refractivity contribution >= 4 is 39.1 Å². The van der Waals surface area contributed by atoms with Crippen LogP contribution in [0.5, 0.6) is 0 Å². The number of anilines is 2. The normalized spacial score (nSPS) is 10.6. The molecule has 0 saturated carbocycles. The summed E-state index contributed by atoms with van der Waals surface area (Å²) in [5.41, 5.74) is 2.26. The van der Waals surface area contributed by atoms with Crippen LogP contribution < -0.4 is 10.6 Å². The molecule has 0 aliphatic rings. The van der Waals surface area contributed by atoms with Gasteiger partial charge in [0.15, 0.2) is 16.3 Å². The standard InChI is InChI=1S/C21H16BrN5O3/c1-12-23-19(27-26-12)13-4-2-6-15(10-13)24-20(28)14-5-3-7-16(11-14)25-21(29)17-8-9-18(22)30-17/h2-11H,1H3,(H,24,28)(H,25,29)(H,23,26,27). The number of H-pyrrole nitrogens is 1. The average molecular weight is 466 g/mol. The molecule has 150 valence electrons. The summed E-state index contributed by atoms with van der Waals surface area (Å²) in [4.78, 5) is 29.2. The Balaban J connectivity index is 1.48. The SMILES string of the molecule is Cc1nc(-c2cccc(NC(=O)c3cccc(NC(=O)c4ccc(Br)o4)c3)c2)n[nH]1. The molecule has 0 atom stereocenters. The first-order valence-corrected chi connectivity index (χ1v) is 9.75. The number of nitrogens with one attached hydrogen (secondary N) is 3. The minimum absolute atomic E-state index is 0.163. The Labute approximate surface area is 179 Å². The predicted molar refractivity (Wildman–Crippen MR) is 115 cm³/mol. The zero-order valence-electron chi connectivity index (χ0n) is 15.8. The highest BCUT2D eigenvalue weighted by Gasteiger charge is 2.13. The molecule has 0 saturated heterocycles. The molecule has 3 N–H and O–H groups in total. The van der Waals surface area contributed by atoms with Crippen LogP contribution in [0.4, 0.5) is 11.4 Å². The van der Waals surface area contributed by atoms with Crippen molar-refractivity contribution in [1.82, 2.24) is 15.2 Å². The fraction of sp³-hybridized carbons (Fsp3) is 0.0476. The van der Waals surface area contributed by atoms with Crippen LogP contribution in [0.2, 0.25) is 0 Å². The largest absolute Gasteiger partial charge is 0.444 e. The van der Waals surface area contributed by atoms with E-state index in [9.17, 15) is 9.59 Å². The number of aromatic amines is 1. The quantitative estimate of drug-likeness (QED) is 0.397. The van der Waals surface area contributed by atoms with E-state index in [4.69, 9.17) is 4.42 Å². The number of nitrogens with zero attached hydrogens (tertiary/aromatic N) is 2. The Morgan fingerprint density at radius 3 is 2.40 bits per heavy atom. The predicted octanol–water partition coefficient (Wildman–Crippen LogP) is 4.64. The van der Waals surface area contributed by atoms with Crippen LogP contribution in [0, 0.1) is 6.92 Å². The highest BCUT2D eigenvalue weighted by Crippen LogP contribution is 2.21. The molecule has 0 spiro atoms. The lowest BCUT2D eigenvalue weighted by atomic mass is 10.1. The lowest BCUT2D eigenvalue weighted by molar-refractivity contribution is 0.0992. The van der Waals surface area contributed by atoms with E-state index < -0.39 is 5.91 Å². The molecule has 4 aromatic rings. The van der Waals surface area contributed by atoms with Gasteiger partial charge in [0.05, 0.1) is 0 Å². The summed E-state index contributed by atoms with van der Waals surface area (Å²) in [5.74, 6) is 0.705. The number of carbonyl (C=O) groups excluding carboxylic acids is 2. The van der Waals surface area contributed by atoms with E-state index in [2.05, 4.69) is 41.7 Å². The molecule has 30 heavy (non-hydrogen) atoms. The Morgan fingerprint density at radius 2 is 1.70 bits per heavy atom. The number of hydrogen-bond donors (Lipinski definition) is 3. The molecule has 2 heterocycles. The van der Waals surface area contributed by atoms with Crippen molar-refractivity contribution in [3.63, 3.8) is 0 Å². The molecule has 2 aromatic heterocycles. The Bertz CT molecular complexity index is 1230. The lowest BCUT2D eigenvalue weighted by Crippen LogP contribution is -2.14. The summed E-state index contributed by atoms with van der Waals surface area (Å²) in [6, 6.07) is 17.1. The molecule has 4 rings (SSSR count). The molecule has 0 unspecified atom stereocenters. The number of hydrogen-bond acceptors (Lipinski definition) is 5. The minimum Gasteiger partial charge on any atom is -0.444 e. The maximum Gasteiger partial charge on any atom is 0.291 e. The number of rotatable bonds is 5. The zero-order valence-corrected chi connectivity index (χ0v) is 17.4. The smallest absolute Gasteiger partial charge is 0.291 e. The molecular formula is C21H16BrN5O3. The van der Waals surface area contributed by atoms with Crippen LogP contribution >= 0.6 is 15.9 Å². The van der Waals surface area contributed by atoms with Crippen LogP contribution in [-0.4, -0.2) is 27.0 Å². The Kier molecular flexibility index (Phi) is 5.44. The van der Waals surface area contributed by atoms with E-state index in [0.717, 1.165) is 5.56 Å². The van der Waals surface area contributed by atoms with E-state index in [1.54, 1.807) is 48.5 Å². The van der Waals surface area contributed by atoms with Gasteiger partial charge in [-0.1, -0.05) is 18.2 Å². The third kappa shape index (κ3) is 4.47. The number of amides is 2. The monoisotopic (exact) mass is 465 g/mol. The van der Waals surface area contributed by atoms with Gasteiger partial charge in [0.25, 0.3) is 11.8 Å². The van der Waals surface area contributed by atoms with E-state index in [1.165, 1.54) is 0 Å². The van der Waals surface area contributed by atoms with Gasteiger partial charge >= 0.3 is 0 Å². The van der Waals surface area contributed by atoms with Gasteiger partial charge < -0.3 is 15.1 Å². The number of carbonyl (C=O) groups is 2. The third-order valence-corrected chi connectivity index (χ3v) is 4.58. The van der Waals surface area contributed by atoms with E-state index in [-0.39, 0.29) is 11.7 Å². The van der Waals surface area contributed by atoms with Crippen molar-refractivity contribution in [3.05, 3.63) is 82.5 Å². The molecule has 2 aromatic carbocycles. The molecule has 0 aliphatic carbocycles. The molecule has 0 fully saturated rings.